The lowest BCUT2D eigenvalue weighted by Gasteiger charge is -2.15. The number of hydrogen-bond acceptors (Lipinski definition) is 5. The fourth-order valence-corrected chi connectivity index (χ4v) is 1.76. The largest absolute Gasteiger partial charge is 0.497 e. The molecule has 0 radical (unpaired) electrons. The number of amides is 1. The molecule has 1 unspecified atom stereocenters. The van der Waals surface area contributed by atoms with Crippen LogP contribution in [0.1, 0.15) is 6.42 Å². The molecular weight excluding hydrogens is 288 g/mol. The first-order valence-corrected chi connectivity index (χ1v) is 6.60. The van der Waals surface area contributed by atoms with Crippen LogP contribution >= 0.6 is 0 Å². The summed E-state index contributed by atoms with van der Waals surface area (Å²) in [4.78, 5) is 23.1. The van der Waals surface area contributed by atoms with Gasteiger partial charge in [-0.3, -0.25) is 9.59 Å². The maximum absolute atomic E-state index is 12.0. The van der Waals surface area contributed by atoms with Crippen LogP contribution in [0.5, 0.6) is 11.5 Å². The van der Waals surface area contributed by atoms with Crippen molar-refractivity contribution in [1.29, 1.82) is 0 Å². The number of nitrogens with one attached hydrogen (secondary N) is 2. The van der Waals surface area contributed by atoms with Crippen molar-refractivity contribution in [2.75, 3.05) is 26.1 Å². The smallest absolute Gasteiger partial charge is 0.321 e. The quantitative estimate of drug-likeness (QED) is 0.594. The van der Waals surface area contributed by atoms with Gasteiger partial charge in [-0.25, -0.2) is 0 Å². The van der Waals surface area contributed by atoms with Crippen LogP contribution in [0.4, 0.5) is 5.69 Å². The molecule has 22 heavy (non-hydrogen) atoms. The lowest BCUT2D eigenvalue weighted by molar-refractivity contribution is -0.140. The molecule has 0 heterocycles. The van der Waals surface area contributed by atoms with Crippen LogP contribution in [0.25, 0.3) is 0 Å². The second kappa shape index (κ2) is 8.68. The number of ether oxygens (including phenoxy) is 2. The molecule has 0 aliphatic rings. The number of hydrogen-bond donors (Lipinski definition) is 3. The molecule has 0 fully saturated rings. The predicted molar refractivity (Wildman–Crippen MR) is 82.4 cm³/mol. The molecule has 0 bridgehead atoms. The van der Waals surface area contributed by atoms with Gasteiger partial charge in [0.1, 0.15) is 17.5 Å². The Labute approximate surface area is 128 Å². The van der Waals surface area contributed by atoms with E-state index < -0.39 is 17.9 Å². The second-order valence-corrected chi connectivity index (χ2v) is 4.41. The monoisotopic (exact) mass is 308 g/mol. The first-order valence-electron chi connectivity index (χ1n) is 6.60. The fraction of sp³-hybridized carbons (Fsp3) is 0.333. The molecule has 7 nitrogen and oxygen atoms in total. The van der Waals surface area contributed by atoms with Gasteiger partial charge in [0.25, 0.3) is 0 Å². The van der Waals surface area contributed by atoms with E-state index in [-0.39, 0.29) is 6.42 Å². The molecule has 1 amide bonds. The van der Waals surface area contributed by atoms with Crippen LogP contribution in [0, 0.1) is 0 Å². The SMILES string of the molecule is C=CCNC(CC(=O)Nc1ccc(OC)cc1OC)C(=O)O. The number of carboxylic acids is 1. The molecule has 1 rings (SSSR count). The standard InChI is InChI=1S/C15H20N2O5/c1-4-7-16-12(15(19)20)9-14(18)17-11-6-5-10(21-2)8-13(11)22-3/h4-6,8,12,16H,1,7,9H2,2-3H3,(H,17,18)(H,19,20). The molecule has 1 aromatic carbocycles. The van der Waals surface area contributed by atoms with Gasteiger partial charge in [-0.2, -0.15) is 0 Å². The van der Waals surface area contributed by atoms with E-state index in [2.05, 4.69) is 17.2 Å². The van der Waals surface area contributed by atoms with Gasteiger partial charge in [0.05, 0.1) is 26.3 Å². The summed E-state index contributed by atoms with van der Waals surface area (Å²) < 4.78 is 10.2. The number of carbonyl (C=O) groups is 2. The number of rotatable bonds is 9. The zero-order valence-corrected chi connectivity index (χ0v) is 12.6. The van der Waals surface area contributed by atoms with Crippen LogP contribution < -0.4 is 20.1 Å². The van der Waals surface area contributed by atoms with Crippen LogP contribution in [-0.2, 0) is 9.59 Å². The summed E-state index contributed by atoms with van der Waals surface area (Å²) in [6, 6.07) is 3.94. The first kappa shape index (κ1) is 17.5. The van der Waals surface area contributed by atoms with Crippen LogP contribution in [-0.4, -0.2) is 43.8 Å². The Bertz CT molecular complexity index is 545. The van der Waals surface area contributed by atoms with Crippen molar-refractivity contribution in [3.05, 3.63) is 30.9 Å². The molecule has 0 spiro atoms. The topological polar surface area (TPSA) is 96.9 Å². The summed E-state index contributed by atoms with van der Waals surface area (Å²) in [6.07, 6.45) is 1.32. The van der Waals surface area contributed by atoms with E-state index in [0.29, 0.717) is 23.7 Å². The molecule has 0 aliphatic heterocycles. The fourth-order valence-electron chi connectivity index (χ4n) is 1.76. The summed E-state index contributed by atoms with van der Waals surface area (Å²) in [5.41, 5.74) is 0.446. The van der Waals surface area contributed by atoms with Gasteiger partial charge in [0.2, 0.25) is 5.91 Å². The highest BCUT2D eigenvalue weighted by Crippen LogP contribution is 2.29. The lowest BCUT2D eigenvalue weighted by Crippen LogP contribution is -2.39. The summed E-state index contributed by atoms with van der Waals surface area (Å²) in [5.74, 6) is -0.518. The van der Waals surface area contributed by atoms with Gasteiger partial charge in [-0.05, 0) is 12.1 Å². The zero-order valence-electron chi connectivity index (χ0n) is 12.6. The maximum Gasteiger partial charge on any atom is 0.321 e. The van der Waals surface area contributed by atoms with Crippen molar-refractivity contribution in [2.24, 2.45) is 0 Å². The molecule has 0 aromatic heterocycles. The third-order valence-electron chi connectivity index (χ3n) is 2.88. The average Bonchev–Trinajstić information content (AvgIpc) is 2.51. The minimum atomic E-state index is -1.10. The van der Waals surface area contributed by atoms with E-state index in [1.54, 1.807) is 18.2 Å². The summed E-state index contributed by atoms with van der Waals surface area (Å²) in [6.45, 7) is 3.80. The Balaban J connectivity index is 2.74. The number of benzene rings is 1. The molecule has 0 aliphatic carbocycles. The van der Waals surface area contributed by atoms with Crippen molar-refractivity contribution < 1.29 is 24.2 Å². The third kappa shape index (κ3) is 5.10. The molecular formula is C15H20N2O5. The Kier molecular flexibility index (Phi) is 6.91. The van der Waals surface area contributed by atoms with E-state index >= 15 is 0 Å². The maximum atomic E-state index is 12.0. The van der Waals surface area contributed by atoms with Gasteiger partial charge in [0, 0.05) is 12.6 Å². The minimum Gasteiger partial charge on any atom is -0.497 e. The number of anilines is 1. The van der Waals surface area contributed by atoms with Gasteiger partial charge in [-0.1, -0.05) is 6.08 Å². The second-order valence-electron chi connectivity index (χ2n) is 4.41. The molecule has 1 atom stereocenters. The lowest BCUT2D eigenvalue weighted by atomic mass is 10.2. The predicted octanol–water partition coefficient (Wildman–Crippen LogP) is 1.26. The Morgan fingerprint density at radius 2 is 2.09 bits per heavy atom. The van der Waals surface area contributed by atoms with Crippen LogP contribution in [0.3, 0.4) is 0 Å². The average molecular weight is 308 g/mol. The number of aliphatic carboxylic acids is 1. The summed E-state index contributed by atoms with van der Waals surface area (Å²) in [5, 5.41) is 14.4. The van der Waals surface area contributed by atoms with Crippen LogP contribution in [0.2, 0.25) is 0 Å². The number of carboxylic acid groups (broad SMARTS) is 1. The molecule has 0 saturated heterocycles. The molecule has 3 N–H and O–H groups in total. The third-order valence-corrected chi connectivity index (χ3v) is 2.88. The molecule has 0 saturated carbocycles. The highest BCUT2D eigenvalue weighted by molar-refractivity contribution is 5.95. The molecule has 1 aromatic rings. The Morgan fingerprint density at radius 1 is 1.36 bits per heavy atom. The van der Waals surface area contributed by atoms with Crippen molar-refractivity contribution in [2.45, 2.75) is 12.5 Å². The van der Waals surface area contributed by atoms with E-state index in [1.165, 1.54) is 20.3 Å². The number of carbonyl (C=O) groups excluding carboxylic acids is 1. The van der Waals surface area contributed by atoms with Crippen molar-refractivity contribution in [3.8, 4) is 11.5 Å². The Hall–Kier alpha value is -2.54. The van der Waals surface area contributed by atoms with Gasteiger partial charge in [-0.15, -0.1) is 6.58 Å². The van der Waals surface area contributed by atoms with Crippen molar-refractivity contribution in [1.82, 2.24) is 5.32 Å². The Morgan fingerprint density at radius 3 is 2.64 bits per heavy atom. The highest BCUT2D eigenvalue weighted by Gasteiger charge is 2.20. The normalized spacial score (nSPS) is 11.4. The van der Waals surface area contributed by atoms with E-state index in [4.69, 9.17) is 14.6 Å². The summed E-state index contributed by atoms with van der Waals surface area (Å²) >= 11 is 0. The zero-order chi connectivity index (χ0) is 16.5. The van der Waals surface area contributed by atoms with E-state index in [1.807, 2.05) is 0 Å². The van der Waals surface area contributed by atoms with Gasteiger partial charge < -0.3 is 25.2 Å². The van der Waals surface area contributed by atoms with Crippen LogP contribution in [0.15, 0.2) is 30.9 Å². The van der Waals surface area contributed by atoms with E-state index in [9.17, 15) is 9.59 Å². The van der Waals surface area contributed by atoms with Crippen molar-refractivity contribution in [3.63, 3.8) is 0 Å². The molecule has 7 heteroatoms. The van der Waals surface area contributed by atoms with Gasteiger partial charge in [0.15, 0.2) is 0 Å². The number of methoxy groups -OCH3 is 2. The van der Waals surface area contributed by atoms with E-state index in [0.717, 1.165) is 0 Å². The highest BCUT2D eigenvalue weighted by atomic mass is 16.5. The summed E-state index contributed by atoms with van der Waals surface area (Å²) in [7, 11) is 2.99. The molecule has 120 valence electrons. The van der Waals surface area contributed by atoms with Crippen molar-refractivity contribution >= 4 is 17.6 Å². The van der Waals surface area contributed by atoms with Gasteiger partial charge >= 0.3 is 5.97 Å². The first-order chi connectivity index (χ1) is 10.5. The minimum absolute atomic E-state index is 0.210.